The molecule has 144 valence electrons. The number of ketones is 1. The molecule has 1 N–H and O–H groups in total. The van der Waals surface area contributed by atoms with E-state index >= 15 is 0 Å². The van der Waals surface area contributed by atoms with Crippen LogP contribution >= 0.6 is 0 Å². The number of hydrogen-bond donors (Lipinski definition) is 1. The van der Waals surface area contributed by atoms with Crippen molar-refractivity contribution in [2.45, 2.75) is 6.42 Å². The van der Waals surface area contributed by atoms with Gasteiger partial charge in [-0.1, -0.05) is 0 Å². The molecule has 0 bridgehead atoms. The van der Waals surface area contributed by atoms with Crippen LogP contribution in [0.2, 0.25) is 0 Å². The van der Waals surface area contributed by atoms with Gasteiger partial charge in [0.15, 0.2) is 11.5 Å². The standard InChI is InChI=1S/C20H23NO6/c1-24-15-7-5-14(6-8-15)18(22)20(23)21-10-9-13-11-16(25-2)19(27-4)17(12-13)26-3/h5-8,11-12H,9-10H2,1-4H3,(H,21,23). The summed E-state index contributed by atoms with van der Waals surface area (Å²) in [4.78, 5) is 24.2. The summed E-state index contributed by atoms with van der Waals surface area (Å²) in [5.74, 6) is 0.937. The molecule has 27 heavy (non-hydrogen) atoms. The molecular weight excluding hydrogens is 350 g/mol. The van der Waals surface area contributed by atoms with Crippen molar-refractivity contribution in [1.29, 1.82) is 0 Å². The van der Waals surface area contributed by atoms with E-state index in [0.29, 0.717) is 41.5 Å². The summed E-state index contributed by atoms with van der Waals surface area (Å²) in [5.41, 5.74) is 1.18. The minimum atomic E-state index is -0.660. The van der Waals surface area contributed by atoms with Crippen molar-refractivity contribution in [3.05, 3.63) is 47.5 Å². The molecule has 0 unspecified atom stereocenters. The molecule has 0 saturated carbocycles. The Morgan fingerprint density at radius 2 is 1.44 bits per heavy atom. The molecule has 2 aromatic carbocycles. The molecule has 0 aliphatic heterocycles. The molecule has 0 radical (unpaired) electrons. The first-order valence-corrected chi connectivity index (χ1v) is 8.29. The zero-order valence-corrected chi connectivity index (χ0v) is 15.8. The van der Waals surface area contributed by atoms with Crippen LogP contribution in [0.4, 0.5) is 0 Å². The summed E-state index contributed by atoms with van der Waals surface area (Å²) in [6, 6.07) is 9.99. The molecule has 0 atom stereocenters. The maximum absolute atomic E-state index is 12.2. The summed E-state index contributed by atoms with van der Waals surface area (Å²) in [5, 5.41) is 2.63. The third-order valence-corrected chi connectivity index (χ3v) is 3.98. The second-order valence-corrected chi connectivity index (χ2v) is 5.60. The lowest BCUT2D eigenvalue weighted by Crippen LogP contribution is -2.32. The molecule has 1 amide bonds. The zero-order chi connectivity index (χ0) is 19.8. The summed E-state index contributed by atoms with van der Waals surface area (Å²) < 4.78 is 20.9. The topological polar surface area (TPSA) is 83.1 Å². The monoisotopic (exact) mass is 373 g/mol. The maximum atomic E-state index is 12.2. The highest BCUT2D eigenvalue weighted by Gasteiger charge is 2.17. The highest BCUT2D eigenvalue weighted by atomic mass is 16.5. The summed E-state index contributed by atoms with van der Waals surface area (Å²) in [6.07, 6.45) is 0.498. The molecular formula is C20H23NO6. The van der Waals surface area contributed by atoms with Crippen molar-refractivity contribution in [3.8, 4) is 23.0 Å². The van der Waals surface area contributed by atoms with E-state index in [-0.39, 0.29) is 0 Å². The summed E-state index contributed by atoms with van der Waals surface area (Å²) >= 11 is 0. The SMILES string of the molecule is COc1ccc(C(=O)C(=O)NCCc2cc(OC)c(OC)c(OC)c2)cc1. The first-order valence-electron chi connectivity index (χ1n) is 8.29. The lowest BCUT2D eigenvalue weighted by molar-refractivity contribution is -0.116. The first kappa shape index (κ1) is 20.1. The molecule has 0 aromatic heterocycles. The van der Waals surface area contributed by atoms with Gasteiger partial charge in [0.25, 0.3) is 5.91 Å². The number of amides is 1. The predicted molar refractivity (Wildman–Crippen MR) is 100 cm³/mol. The smallest absolute Gasteiger partial charge is 0.292 e. The van der Waals surface area contributed by atoms with Crippen molar-refractivity contribution in [2.75, 3.05) is 35.0 Å². The maximum Gasteiger partial charge on any atom is 0.292 e. The number of hydrogen-bond acceptors (Lipinski definition) is 6. The third-order valence-electron chi connectivity index (χ3n) is 3.98. The van der Waals surface area contributed by atoms with Gasteiger partial charge >= 0.3 is 0 Å². The quantitative estimate of drug-likeness (QED) is 0.536. The number of carbonyl (C=O) groups is 2. The van der Waals surface area contributed by atoms with Crippen molar-refractivity contribution < 1.29 is 28.5 Å². The van der Waals surface area contributed by atoms with Gasteiger partial charge in [-0.3, -0.25) is 9.59 Å². The minimum Gasteiger partial charge on any atom is -0.497 e. The highest BCUT2D eigenvalue weighted by Crippen LogP contribution is 2.38. The van der Waals surface area contributed by atoms with Gasteiger partial charge in [-0.05, 0) is 48.4 Å². The molecule has 0 spiro atoms. The molecule has 0 fully saturated rings. The van der Waals surface area contributed by atoms with Crippen molar-refractivity contribution in [3.63, 3.8) is 0 Å². The van der Waals surface area contributed by atoms with Gasteiger partial charge in [-0.2, -0.15) is 0 Å². The van der Waals surface area contributed by atoms with Crippen LogP contribution in [0.25, 0.3) is 0 Å². The third kappa shape index (κ3) is 4.91. The van der Waals surface area contributed by atoms with Gasteiger partial charge in [-0.15, -0.1) is 0 Å². The molecule has 7 nitrogen and oxygen atoms in total. The summed E-state index contributed by atoms with van der Waals surface area (Å²) in [6.45, 7) is 0.291. The number of rotatable bonds is 9. The van der Waals surface area contributed by atoms with E-state index in [2.05, 4.69) is 5.32 Å². The molecule has 2 rings (SSSR count). The molecule has 0 saturated heterocycles. The second kappa shape index (κ2) is 9.47. The molecule has 2 aromatic rings. The largest absolute Gasteiger partial charge is 0.497 e. The highest BCUT2D eigenvalue weighted by molar-refractivity contribution is 6.42. The van der Waals surface area contributed by atoms with Crippen LogP contribution in [0.5, 0.6) is 23.0 Å². The number of Topliss-reactive ketones (excluding diaryl/α,β-unsaturated/α-hetero) is 1. The Labute approximate surface area is 158 Å². The number of methoxy groups -OCH3 is 4. The Kier molecular flexibility index (Phi) is 7.05. The van der Waals surface area contributed by atoms with Crippen LogP contribution in [0.3, 0.4) is 0 Å². The molecule has 0 heterocycles. The van der Waals surface area contributed by atoms with Crippen LogP contribution in [-0.4, -0.2) is 46.7 Å². The van der Waals surface area contributed by atoms with Crippen LogP contribution in [-0.2, 0) is 11.2 Å². The Morgan fingerprint density at radius 3 is 1.93 bits per heavy atom. The van der Waals surface area contributed by atoms with Gasteiger partial charge in [0, 0.05) is 12.1 Å². The van der Waals surface area contributed by atoms with Gasteiger partial charge in [0.2, 0.25) is 11.5 Å². The lowest BCUT2D eigenvalue weighted by atomic mass is 10.1. The normalized spacial score (nSPS) is 10.1. The van der Waals surface area contributed by atoms with Gasteiger partial charge < -0.3 is 24.3 Å². The minimum absolute atomic E-state index is 0.291. The average Bonchev–Trinajstić information content (AvgIpc) is 2.72. The summed E-state index contributed by atoms with van der Waals surface area (Å²) in [7, 11) is 6.14. The van der Waals surface area contributed by atoms with Crippen molar-refractivity contribution >= 4 is 11.7 Å². The second-order valence-electron chi connectivity index (χ2n) is 5.60. The fraction of sp³-hybridized carbons (Fsp3) is 0.300. The molecule has 0 aliphatic rings. The van der Waals surface area contributed by atoms with E-state index in [4.69, 9.17) is 18.9 Å². The van der Waals surface area contributed by atoms with E-state index in [1.54, 1.807) is 36.4 Å². The first-order chi connectivity index (χ1) is 13.0. The number of nitrogens with one attached hydrogen (secondary N) is 1. The fourth-order valence-corrected chi connectivity index (χ4v) is 2.55. The van der Waals surface area contributed by atoms with Gasteiger partial charge in [-0.25, -0.2) is 0 Å². The van der Waals surface area contributed by atoms with E-state index in [9.17, 15) is 9.59 Å². The zero-order valence-electron chi connectivity index (χ0n) is 15.8. The van der Waals surface area contributed by atoms with Crippen LogP contribution in [0.15, 0.2) is 36.4 Å². The average molecular weight is 373 g/mol. The predicted octanol–water partition coefficient (Wildman–Crippen LogP) is 2.26. The van der Waals surface area contributed by atoms with Crippen LogP contribution in [0, 0.1) is 0 Å². The Morgan fingerprint density at radius 1 is 0.852 bits per heavy atom. The Bertz CT molecular complexity index is 776. The van der Waals surface area contributed by atoms with Gasteiger partial charge in [0.1, 0.15) is 5.75 Å². The number of carbonyl (C=O) groups excluding carboxylic acids is 2. The number of ether oxygens (including phenoxy) is 4. The number of benzene rings is 2. The van der Waals surface area contributed by atoms with Gasteiger partial charge in [0.05, 0.1) is 28.4 Å². The molecule has 7 heteroatoms. The van der Waals surface area contributed by atoms with Crippen molar-refractivity contribution in [1.82, 2.24) is 5.32 Å². The Hall–Kier alpha value is -3.22. The Balaban J connectivity index is 1.98. The molecule has 0 aliphatic carbocycles. The van der Waals surface area contributed by atoms with E-state index in [1.165, 1.54) is 28.4 Å². The van der Waals surface area contributed by atoms with Crippen molar-refractivity contribution in [2.24, 2.45) is 0 Å². The van der Waals surface area contributed by atoms with Crippen LogP contribution < -0.4 is 24.3 Å². The van der Waals surface area contributed by atoms with E-state index in [0.717, 1.165) is 5.56 Å². The van der Waals surface area contributed by atoms with E-state index in [1.807, 2.05) is 0 Å². The fourth-order valence-electron chi connectivity index (χ4n) is 2.55. The van der Waals surface area contributed by atoms with Crippen LogP contribution in [0.1, 0.15) is 15.9 Å². The van der Waals surface area contributed by atoms with E-state index < -0.39 is 11.7 Å². The lowest BCUT2D eigenvalue weighted by Gasteiger charge is -2.14.